The lowest BCUT2D eigenvalue weighted by atomic mass is 10.0. The number of aromatic nitrogens is 3. The Morgan fingerprint density at radius 1 is 1.09 bits per heavy atom. The Morgan fingerprint density at radius 3 is 2.41 bits per heavy atom. The molecule has 0 aliphatic rings. The van der Waals surface area contributed by atoms with Gasteiger partial charge in [0.25, 0.3) is 5.91 Å². The highest BCUT2D eigenvalue weighted by molar-refractivity contribution is 5.93. The Kier molecular flexibility index (Phi) is 4.70. The van der Waals surface area contributed by atoms with E-state index in [4.69, 9.17) is 0 Å². The first kappa shape index (κ1) is 15.9. The van der Waals surface area contributed by atoms with E-state index >= 15 is 0 Å². The molecule has 0 spiro atoms. The molecule has 0 unspecified atom stereocenters. The van der Waals surface area contributed by atoms with Gasteiger partial charge in [0.05, 0.1) is 0 Å². The Hall–Kier alpha value is -2.50. The van der Waals surface area contributed by atoms with E-state index < -0.39 is 0 Å². The normalized spacial score (nSPS) is 10.6. The minimum absolute atomic E-state index is 0.163. The van der Waals surface area contributed by atoms with Crippen LogP contribution in [-0.4, -0.2) is 28.1 Å². The van der Waals surface area contributed by atoms with E-state index in [-0.39, 0.29) is 11.8 Å². The van der Waals surface area contributed by atoms with E-state index in [9.17, 15) is 4.79 Å². The number of nitrogens with zero attached hydrogens (tertiary/aromatic N) is 3. The summed E-state index contributed by atoms with van der Waals surface area (Å²) in [5, 5.41) is 13.9. The number of carbonyl (C=O) groups is 1. The van der Waals surface area contributed by atoms with Gasteiger partial charge in [0, 0.05) is 12.7 Å². The summed E-state index contributed by atoms with van der Waals surface area (Å²) in [6.07, 6.45) is 0. The monoisotopic (exact) mass is 299 g/mol. The first-order chi connectivity index (χ1) is 10.4. The fraction of sp³-hybridized carbons (Fsp3) is 0.375. The van der Waals surface area contributed by atoms with Gasteiger partial charge in [0.2, 0.25) is 0 Å². The number of pyridine rings is 1. The third-order valence-electron chi connectivity index (χ3n) is 3.24. The molecule has 6 heteroatoms. The van der Waals surface area contributed by atoms with Crippen LogP contribution in [0.15, 0.2) is 18.2 Å². The highest BCUT2D eigenvalue weighted by atomic mass is 16.1. The fourth-order valence-corrected chi connectivity index (χ4v) is 2.24. The maximum absolute atomic E-state index is 11.9. The predicted octanol–water partition coefficient (Wildman–Crippen LogP) is 2.72. The maximum Gasteiger partial charge on any atom is 0.271 e. The Bertz CT molecular complexity index is 677. The minimum Gasteiger partial charge on any atom is -0.354 e. The number of anilines is 2. The fourth-order valence-electron chi connectivity index (χ4n) is 2.24. The van der Waals surface area contributed by atoms with E-state index in [2.05, 4.69) is 25.8 Å². The molecular formula is C16H21N5O. The third-order valence-corrected chi connectivity index (χ3v) is 3.24. The van der Waals surface area contributed by atoms with Crippen molar-refractivity contribution in [2.45, 2.75) is 33.6 Å². The summed E-state index contributed by atoms with van der Waals surface area (Å²) in [4.78, 5) is 16.3. The van der Waals surface area contributed by atoms with Gasteiger partial charge in [-0.2, -0.15) is 0 Å². The average molecular weight is 299 g/mol. The van der Waals surface area contributed by atoms with Crippen molar-refractivity contribution in [2.24, 2.45) is 0 Å². The van der Waals surface area contributed by atoms with Crippen molar-refractivity contribution in [1.29, 1.82) is 0 Å². The molecule has 2 rings (SSSR count). The Balaban J connectivity index is 2.36. The largest absolute Gasteiger partial charge is 0.354 e. The predicted molar refractivity (Wildman–Crippen MR) is 86.5 cm³/mol. The van der Waals surface area contributed by atoms with Crippen molar-refractivity contribution in [3.8, 4) is 0 Å². The molecule has 0 radical (unpaired) electrons. The molecule has 116 valence electrons. The van der Waals surface area contributed by atoms with E-state index in [1.165, 1.54) is 0 Å². The molecule has 1 amide bonds. The van der Waals surface area contributed by atoms with Gasteiger partial charge in [-0.15, -0.1) is 10.2 Å². The van der Waals surface area contributed by atoms with Gasteiger partial charge < -0.3 is 10.6 Å². The maximum atomic E-state index is 11.9. The molecule has 2 heterocycles. The molecule has 0 saturated heterocycles. The number of nitrogens with one attached hydrogen (secondary N) is 2. The molecule has 0 aliphatic carbocycles. The van der Waals surface area contributed by atoms with Crippen LogP contribution >= 0.6 is 0 Å². The smallest absolute Gasteiger partial charge is 0.271 e. The number of carbonyl (C=O) groups excluding carboxylic acids is 1. The van der Waals surface area contributed by atoms with Crippen molar-refractivity contribution < 1.29 is 4.79 Å². The standard InChI is InChI=1S/C16H21N5O/c1-9(2)12-8-14(20-21-15(12)16(22)17-5)19-13-7-10(3)6-11(4)18-13/h6-9H,1-5H3,(H,17,22)(H,18,19,20). The second-order valence-corrected chi connectivity index (χ2v) is 5.56. The number of aryl methyl sites for hydroxylation is 2. The van der Waals surface area contributed by atoms with E-state index in [1.807, 2.05) is 45.9 Å². The Labute approximate surface area is 130 Å². The quantitative estimate of drug-likeness (QED) is 0.907. The number of rotatable bonds is 4. The zero-order chi connectivity index (χ0) is 16.3. The molecule has 2 aromatic rings. The van der Waals surface area contributed by atoms with Crippen LogP contribution in [0, 0.1) is 13.8 Å². The van der Waals surface area contributed by atoms with Gasteiger partial charge in [0.1, 0.15) is 5.82 Å². The number of hydrogen-bond acceptors (Lipinski definition) is 5. The van der Waals surface area contributed by atoms with Gasteiger partial charge in [-0.05, 0) is 49.1 Å². The minimum atomic E-state index is -0.229. The Morgan fingerprint density at radius 2 is 1.82 bits per heavy atom. The lowest BCUT2D eigenvalue weighted by Crippen LogP contribution is -2.22. The molecule has 0 fully saturated rings. The highest BCUT2D eigenvalue weighted by Crippen LogP contribution is 2.22. The van der Waals surface area contributed by atoms with Crippen LogP contribution in [0.25, 0.3) is 0 Å². The zero-order valence-electron chi connectivity index (χ0n) is 13.6. The van der Waals surface area contributed by atoms with E-state index in [0.717, 1.165) is 16.8 Å². The van der Waals surface area contributed by atoms with Crippen molar-refractivity contribution in [3.05, 3.63) is 40.7 Å². The summed E-state index contributed by atoms with van der Waals surface area (Å²) in [6.45, 7) is 7.99. The molecule has 0 saturated carbocycles. The SMILES string of the molecule is CNC(=O)c1nnc(Nc2cc(C)cc(C)n2)cc1C(C)C. The first-order valence-electron chi connectivity index (χ1n) is 7.22. The third kappa shape index (κ3) is 3.58. The second-order valence-electron chi connectivity index (χ2n) is 5.56. The lowest BCUT2D eigenvalue weighted by molar-refractivity contribution is 0.0955. The zero-order valence-corrected chi connectivity index (χ0v) is 13.6. The van der Waals surface area contributed by atoms with Gasteiger partial charge in [0.15, 0.2) is 11.5 Å². The summed E-state index contributed by atoms with van der Waals surface area (Å²) in [7, 11) is 1.58. The molecule has 2 N–H and O–H groups in total. The van der Waals surface area contributed by atoms with Gasteiger partial charge in [-0.3, -0.25) is 4.79 Å². The molecule has 2 aromatic heterocycles. The number of amides is 1. The molecule has 0 aromatic carbocycles. The topological polar surface area (TPSA) is 79.8 Å². The second kappa shape index (κ2) is 6.51. The average Bonchev–Trinajstić information content (AvgIpc) is 2.45. The summed E-state index contributed by atoms with van der Waals surface area (Å²) in [5.74, 6) is 1.23. The molecule has 0 aliphatic heterocycles. The van der Waals surface area contributed by atoms with Crippen LogP contribution in [0.1, 0.15) is 47.1 Å². The molecule has 6 nitrogen and oxygen atoms in total. The first-order valence-corrected chi connectivity index (χ1v) is 7.22. The van der Waals surface area contributed by atoms with Gasteiger partial charge in [-0.1, -0.05) is 13.8 Å². The van der Waals surface area contributed by atoms with Crippen LogP contribution in [0.5, 0.6) is 0 Å². The summed E-state index contributed by atoms with van der Waals surface area (Å²) < 4.78 is 0. The molecule has 0 bridgehead atoms. The van der Waals surface area contributed by atoms with E-state index in [0.29, 0.717) is 17.3 Å². The van der Waals surface area contributed by atoms with Crippen LogP contribution in [0.2, 0.25) is 0 Å². The molecule has 0 atom stereocenters. The molecular weight excluding hydrogens is 278 g/mol. The summed E-state index contributed by atoms with van der Waals surface area (Å²) >= 11 is 0. The van der Waals surface area contributed by atoms with Crippen LogP contribution < -0.4 is 10.6 Å². The van der Waals surface area contributed by atoms with Crippen LogP contribution in [0.4, 0.5) is 11.6 Å². The van der Waals surface area contributed by atoms with Crippen molar-refractivity contribution >= 4 is 17.5 Å². The van der Waals surface area contributed by atoms with Crippen molar-refractivity contribution in [2.75, 3.05) is 12.4 Å². The van der Waals surface area contributed by atoms with Gasteiger partial charge >= 0.3 is 0 Å². The lowest BCUT2D eigenvalue weighted by Gasteiger charge is -2.13. The summed E-state index contributed by atoms with van der Waals surface area (Å²) in [5.41, 5.74) is 3.26. The van der Waals surface area contributed by atoms with Crippen LogP contribution in [0.3, 0.4) is 0 Å². The highest BCUT2D eigenvalue weighted by Gasteiger charge is 2.16. The van der Waals surface area contributed by atoms with Crippen molar-refractivity contribution in [1.82, 2.24) is 20.5 Å². The van der Waals surface area contributed by atoms with E-state index in [1.54, 1.807) is 7.05 Å². The van der Waals surface area contributed by atoms with Gasteiger partial charge in [-0.25, -0.2) is 4.98 Å². The van der Waals surface area contributed by atoms with Crippen LogP contribution in [-0.2, 0) is 0 Å². The molecule has 22 heavy (non-hydrogen) atoms. The number of hydrogen-bond donors (Lipinski definition) is 2. The summed E-state index contributed by atoms with van der Waals surface area (Å²) in [6, 6.07) is 5.79. The van der Waals surface area contributed by atoms with Crippen molar-refractivity contribution in [3.63, 3.8) is 0 Å².